The summed E-state index contributed by atoms with van der Waals surface area (Å²) in [4.78, 5) is 16.2. The number of rotatable bonds is 8. The van der Waals surface area contributed by atoms with E-state index in [-0.39, 0.29) is 58.2 Å². The smallest absolute Gasteiger partial charge is 0.356 e. The van der Waals surface area contributed by atoms with Gasteiger partial charge in [-0.3, -0.25) is 14.6 Å². The molecule has 1 unspecified atom stereocenters. The minimum Gasteiger partial charge on any atom is -0.356 e. The van der Waals surface area contributed by atoms with Crippen LogP contribution in [0.2, 0.25) is 0 Å². The summed E-state index contributed by atoms with van der Waals surface area (Å²) in [5.74, 6) is -1.08. The molecule has 2 aliphatic rings. The van der Waals surface area contributed by atoms with Gasteiger partial charge in [0.25, 0.3) is 5.91 Å². The summed E-state index contributed by atoms with van der Waals surface area (Å²) in [7, 11) is -7.19. The number of sulfonamides is 1. The maximum absolute atomic E-state index is 14.4. The van der Waals surface area contributed by atoms with Crippen molar-refractivity contribution in [2.24, 2.45) is 0 Å². The number of carbonyl (C=O) groups excluding carboxylic acids is 1. The second-order valence-electron chi connectivity index (χ2n) is 10.9. The quantitative estimate of drug-likeness (QED) is 0.404. The number of nitrogens with one attached hydrogen (secondary N) is 2. The number of likely N-dealkylation sites (tertiary alicyclic amines) is 1. The van der Waals surface area contributed by atoms with Crippen molar-refractivity contribution in [3.63, 3.8) is 0 Å². The Balaban J connectivity index is 1.71. The first kappa shape index (κ1) is 32.2. The van der Waals surface area contributed by atoms with E-state index in [0.717, 1.165) is 17.2 Å². The number of benzene rings is 2. The molecule has 2 aromatic rings. The van der Waals surface area contributed by atoms with Gasteiger partial charge in [-0.25, -0.2) is 21.6 Å². The molecule has 2 atom stereocenters. The van der Waals surface area contributed by atoms with Gasteiger partial charge in [0.05, 0.1) is 40.3 Å². The first-order chi connectivity index (χ1) is 19.4. The number of aliphatic hydroxyl groups is 1. The predicted octanol–water partition coefficient (Wildman–Crippen LogP) is 2.97. The summed E-state index contributed by atoms with van der Waals surface area (Å²) < 4.78 is 94.4. The van der Waals surface area contributed by atoms with E-state index in [2.05, 4.69) is 10.0 Å². The van der Waals surface area contributed by atoms with Gasteiger partial charge in [0, 0.05) is 19.1 Å². The topological polar surface area (TPSA) is 136 Å². The van der Waals surface area contributed by atoms with Gasteiger partial charge in [-0.05, 0) is 62.1 Å². The highest BCUT2D eigenvalue weighted by atomic mass is 32.2. The zero-order chi connectivity index (χ0) is 31.2. The van der Waals surface area contributed by atoms with E-state index in [9.17, 15) is 39.9 Å². The summed E-state index contributed by atoms with van der Waals surface area (Å²) >= 11 is 0. The van der Waals surface area contributed by atoms with E-state index >= 15 is 0 Å². The van der Waals surface area contributed by atoms with Crippen LogP contribution in [0.3, 0.4) is 0 Å². The number of sulfone groups is 1. The summed E-state index contributed by atoms with van der Waals surface area (Å²) in [6.07, 6.45) is -4.28. The van der Waals surface area contributed by atoms with Crippen molar-refractivity contribution in [2.75, 3.05) is 30.4 Å². The number of nitrogens with zero attached hydrogens (tertiary/aromatic N) is 2. The zero-order valence-corrected chi connectivity index (χ0v) is 25.4. The molecule has 0 spiro atoms. The third kappa shape index (κ3) is 6.91. The van der Waals surface area contributed by atoms with Crippen LogP contribution in [0.1, 0.15) is 57.9 Å². The summed E-state index contributed by atoms with van der Waals surface area (Å²) in [5, 5.41) is 13.7. The number of hydrogen-bond donors (Lipinski definition) is 3. The van der Waals surface area contributed by atoms with E-state index in [1.165, 1.54) is 19.9 Å². The fourth-order valence-electron chi connectivity index (χ4n) is 5.60. The molecule has 42 heavy (non-hydrogen) atoms. The van der Waals surface area contributed by atoms with Gasteiger partial charge in [-0.2, -0.15) is 13.2 Å². The molecule has 1 fully saturated rings. The van der Waals surface area contributed by atoms with Crippen molar-refractivity contribution in [3.8, 4) is 0 Å². The monoisotopic (exact) mass is 632 g/mol. The molecule has 1 amide bonds. The van der Waals surface area contributed by atoms with Crippen LogP contribution in [0, 0.1) is 13.8 Å². The average Bonchev–Trinajstić information content (AvgIpc) is 2.87. The molecule has 15 heteroatoms. The van der Waals surface area contributed by atoms with Crippen molar-refractivity contribution in [1.82, 2.24) is 14.5 Å². The highest BCUT2D eigenvalue weighted by Crippen LogP contribution is 2.41. The van der Waals surface area contributed by atoms with Crippen LogP contribution in [0.4, 0.5) is 18.9 Å². The van der Waals surface area contributed by atoms with E-state index < -0.39 is 49.9 Å². The number of aryl methyl sites for hydroxylation is 1. The van der Waals surface area contributed by atoms with Crippen molar-refractivity contribution in [3.05, 3.63) is 57.6 Å². The van der Waals surface area contributed by atoms with Crippen LogP contribution in [0.25, 0.3) is 0 Å². The van der Waals surface area contributed by atoms with Crippen LogP contribution in [-0.4, -0.2) is 75.1 Å². The van der Waals surface area contributed by atoms with Gasteiger partial charge in [0.1, 0.15) is 0 Å². The number of aliphatic hydroxyl groups excluding tert-OH is 1. The molecular weight excluding hydrogens is 597 g/mol. The normalized spacial score (nSPS) is 20.4. The minimum absolute atomic E-state index is 0.0193. The second-order valence-corrected chi connectivity index (χ2v) is 14.9. The van der Waals surface area contributed by atoms with Crippen LogP contribution < -0.4 is 10.0 Å². The molecule has 2 aliphatic heterocycles. The Labute approximate surface area is 243 Å². The first-order valence-corrected chi connectivity index (χ1v) is 17.0. The lowest BCUT2D eigenvalue weighted by Crippen LogP contribution is -2.49. The average molecular weight is 633 g/mol. The molecule has 0 radical (unpaired) electrons. The molecule has 2 aromatic carbocycles. The molecular formula is C27H35F3N4O6S2. The molecule has 1 saturated heterocycles. The van der Waals surface area contributed by atoms with Gasteiger partial charge in [-0.15, -0.1) is 0 Å². The minimum atomic E-state index is -4.81. The SMILES string of the molecule is CCS(=O)(=O)c1ccc(C)cc1CN1C(=O)c2cc(C(F)(F)F)c(CN3CCC[C@H](NS(C)(=O)=O)C3)c(C)c2NC1O. The van der Waals surface area contributed by atoms with E-state index in [1.54, 1.807) is 24.0 Å². The number of fused-ring (bicyclic) bond motifs is 1. The van der Waals surface area contributed by atoms with E-state index in [4.69, 9.17) is 0 Å². The van der Waals surface area contributed by atoms with Gasteiger partial charge in [-0.1, -0.05) is 24.6 Å². The van der Waals surface area contributed by atoms with E-state index in [1.807, 2.05) is 0 Å². The maximum atomic E-state index is 14.4. The largest absolute Gasteiger partial charge is 0.416 e. The van der Waals surface area contributed by atoms with Crippen molar-refractivity contribution >= 4 is 31.5 Å². The van der Waals surface area contributed by atoms with Crippen LogP contribution in [-0.2, 0) is 39.1 Å². The lowest BCUT2D eigenvalue weighted by Gasteiger charge is -2.38. The molecule has 2 heterocycles. The van der Waals surface area contributed by atoms with Crippen molar-refractivity contribution in [1.29, 1.82) is 0 Å². The molecule has 0 saturated carbocycles. The molecule has 3 N–H and O–H groups in total. The Kier molecular flexibility index (Phi) is 9.01. The highest BCUT2D eigenvalue weighted by molar-refractivity contribution is 7.91. The Morgan fingerprint density at radius 1 is 1.12 bits per heavy atom. The molecule has 0 aromatic heterocycles. The van der Waals surface area contributed by atoms with Crippen LogP contribution in [0.5, 0.6) is 0 Å². The van der Waals surface area contributed by atoms with Crippen molar-refractivity contribution < 1.29 is 39.9 Å². The number of piperidine rings is 1. The number of amides is 1. The predicted molar refractivity (Wildman–Crippen MR) is 151 cm³/mol. The summed E-state index contributed by atoms with van der Waals surface area (Å²) in [6, 6.07) is 4.91. The number of hydrogen-bond acceptors (Lipinski definition) is 8. The van der Waals surface area contributed by atoms with Gasteiger partial charge in [0.2, 0.25) is 16.4 Å². The lowest BCUT2D eigenvalue weighted by molar-refractivity contribution is -0.138. The Bertz CT molecular complexity index is 1600. The number of anilines is 1. The lowest BCUT2D eigenvalue weighted by atomic mass is 9.92. The van der Waals surface area contributed by atoms with Gasteiger partial charge < -0.3 is 10.4 Å². The van der Waals surface area contributed by atoms with Crippen molar-refractivity contribution in [2.45, 2.75) is 70.2 Å². The molecule has 0 aliphatic carbocycles. The first-order valence-electron chi connectivity index (χ1n) is 13.4. The molecule has 232 valence electrons. The van der Waals surface area contributed by atoms with Gasteiger partial charge in [0.15, 0.2) is 9.84 Å². The highest BCUT2D eigenvalue weighted by Gasteiger charge is 2.40. The molecule has 10 nitrogen and oxygen atoms in total. The van der Waals surface area contributed by atoms with E-state index in [0.29, 0.717) is 24.9 Å². The fraction of sp³-hybridized carbons (Fsp3) is 0.519. The van der Waals surface area contributed by atoms with Crippen LogP contribution in [0.15, 0.2) is 29.2 Å². The summed E-state index contributed by atoms with van der Waals surface area (Å²) in [6.45, 7) is 4.81. The Morgan fingerprint density at radius 3 is 2.43 bits per heavy atom. The second kappa shape index (κ2) is 11.8. The fourth-order valence-corrected chi connectivity index (χ4v) is 7.50. The molecule has 0 bridgehead atoms. The number of alkyl halides is 3. The number of carbonyl (C=O) groups is 1. The number of halogens is 3. The van der Waals surface area contributed by atoms with Gasteiger partial charge >= 0.3 is 6.18 Å². The Morgan fingerprint density at radius 2 is 1.81 bits per heavy atom. The third-order valence-electron chi connectivity index (χ3n) is 7.62. The third-order valence-corrected chi connectivity index (χ3v) is 10.2. The van der Waals surface area contributed by atoms with Crippen LogP contribution >= 0.6 is 0 Å². The standard InChI is InChI=1S/C27H35F3N4O6S2/c1-5-42(39,40)23-9-8-16(2)11-18(23)13-34-25(35)20-12-22(27(28,29)30)21(17(3)24(20)31-26(34)36)15-33-10-6-7-19(14-33)32-41(4,37)38/h8-9,11-12,19,26,31-32,36H,5-7,10,13-15H2,1-4H3/t19-,26?/m0/s1. The Hall–Kier alpha value is -2.72. The maximum Gasteiger partial charge on any atom is 0.416 e. The zero-order valence-electron chi connectivity index (χ0n) is 23.7. The summed E-state index contributed by atoms with van der Waals surface area (Å²) in [5.41, 5.74) is -0.252. The molecule has 4 rings (SSSR count).